The van der Waals surface area contributed by atoms with Gasteiger partial charge in [0.15, 0.2) is 6.23 Å². The Morgan fingerprint density at radius 1 is 0.976 bits per heavy atom. The van der Waals surface area contributed by atoms with E-state index < -0.39 is 30.0 Å². The van der Waals surface area contributed by atoms with Gasteiger partial charge in [-0.05, 0) is 54.7 Å². The number of carbonyl (C=O) groups is 3. The van der Waals surface area contributed by atoms with E-state index in [4.69, 9.17) is 14.2 Å². The van der Waals surface area contributed by atoms with E-state index in [1.54, 1.807) is 30.3 Å². The number of aromatic nitrogens is 2. The molecule has 1 aromatic carbocycles. The Morgan fingerprint density at radius 3 is 2.29 bits per heavy atom. The highest BCUT2D eigenvalue weighted by Crippen LogP contribution is 2.37. The summed E-state index contributed by atoms with van der Waals surface area (Å²) in [5.41, 5.74) is -0.142. The molecule has 4 atom stereocenters. The largest absolute Gasteiger partial charge is 0.465 e. The van der Waals surface area contributed by atoms with Crippen molar-refractivity contribution in [3.63, 3.8) is 0 Å². The number of ether oxygens (including phenoxy) is 3. The molecule has 222 valence electrons. The Labute approximate surface area is 240 Å². The summed E-state index contributed by atoms with van der Waals surface area (Å²) < 4.78 is 18.0. The van der Waals surface area contributed by atoms with E-state index in [0.29, 0.717) is 48.9 Å². The zero-order chi connectivity index (χ0) is 29.4. The molecule has 0 bridgehead atoms. The third-order valence-corrected chi connectivity index (χ3v) is 8.11. The molecule has 1 amide bonds. The third kappa shape index (κ3) is 8.71. The minimum absolute atomic E-state index is 0.0270. The summed E-state index contributed by atoms with van der Waals surface area (Å²) in [7, 11) is 0. The van der Waals surface area contributed by atoms with Gasteiger partial charge in [-0.3, -0.25) is 19.0 Å². The minimum Gasteiger partial charge on any atom is -0.465 e. The minimum atomic E-state index is -0.672. The van der Waals surface area contributed by atoms with Gasteiger partial charge in [0.25, 0.3) is 5.91 Å². The third-order valence-electron chi connectivity index (χ3n) is 8.11. The zero-order valence-electron chi connectivity index (χ0n) is 23.9. The van der Waals surface area contributed by atoms with Crippen LogP contribution in [0, 0.1) is 23.7 Å². The van der Waals surface area contributed by atoms with Gasteiger partial charge in [0, 0.05) is 24.8 Å². The van der Waals surface area contributed by atoms with Gasteiger partial charge in [0.1, 0.15) is 18.5 Å². The highest BCUT2D eigenvalue weighted by atomic mass is 16.6. The molecule has 2 unspecified atom stereocenters. The van der Waals surface area contributed by atoms with Crippen LogP contribution in [0.15, 0.2) is 47.4 Å². The first-order chi connectivity index (χ1) is 19.7. The van der Waals surface area contributed by atoms with E-state index >= 15 is 0 Å². The summed E-state index contributed by atoms with van der Waals surface area (Å²) in [6.07, 6.45) is 2.32. The highest BCUT2D eigenvalue weighted by molar-refractivity contribution is 6.03. The first kappa shape index (κ1) is 30.4. The molecule has 2 fully saturated rings. The maximum absolute atomic E-state index is 12.6. The van der Waals surface area contributed by atoms with Gasteiger partial charge in [0.2, 0.25) is 0 Å². The van der Waals surface area contributed by atoms with Crippen LogP contribution >= 0.6 is 0 Å². The Hall–Kier alpha value is -3.57. The number of hydrogen-bond donors (Lipinski definition) is 2. The Kier molecular flexibility index (Phi) is 10.6. The second-order valence-corrected chi connectivity index (χ2v) is 11.2. The number of benzene rings is 1. The average molecular weight is 569 g/mol. The van der Waals surface area contributed by atoms with Gasteiger partial charge in [-0.25, -0.2) is 4.79 Å². The quantitative estimate of drug-likeness (QED) is 0.414. The van der Waals surface area contributed by atoms with Gasteiger partial charge in [-0.1, -0.05) is 39.0 Å². The number of anilines is 1. The molecule has 1 saturated carbocycles. The van der Waals surface area contributed by atoms with Gasteiger partial charge in [0.05, 0.1) is 19.4 Å². The molecular formula is C30H40N4O7. The molecule has 11 nitrogen and oxygen atoms in total. The highest BCUT2D eigenvalue weighted by Gasteiger charge is 2.31. The first-order valence-corrected chi connectivity index (χ1v) is 14.3. The van der Waals surface area contributed by atoms with Crippen LogP contribution in [0.5, 0.6) is 0 Å². The van der Waals surface area contributed by atoms with E-state index in [0.717, 1.165) is 12.8 Å². The van der Waals surface area contributed by atoms with E-state index in [1.165, 1.54) is 16.8 Å². The van der Waals surface area contributed by atoms with Crippen molar-refractivity contribution in [1.29, 1.82) is 0 Å². The molecule has 2 heterocycles. The van der Waals surface area contributed by atoms with Crippen molar-refractivity contribution >= 4 is 23.7 Å². The molecule has 1 aliphatic carbocycles. The van der Waals surface area contributed by atoms with Crippen LogP contribution in [0.3, 0.4) is 0 Å². The fourth-order valence-corrected chi connectivity index (χ4v) is 5.45. The summed E-state index contributed by atoms with van der Waals surface area (Å²) in [5, 5.41) is 5.77. The standard InChI is InChI=1S/C30H40N4O7/c1-19-13-22(14-20(2)21(19)3)17-39-27(35)9-10-28(36)40-18-24-15-31-16-26(41-24)34-12-11-25(33-30(34)38)32-29(37)23-7-5-4-6-8-23/h4-8,11-12,19-22,24,26,31H,9-10,13-18H2,1-3H3,(H,32,33,37,38)/t19?,20?,21?,22?,24-,26+/m0/s1. The number of esters is 2. The van der Waals surface area contributed by atoms with Crippen LogP contribution in [-0.4, -0.2) is 59.8 Å². The zero-order valence-corrected chi connectivity index (χ0v) is 23.9. The summed E-state index contributed by atoms with van der Waals surface area (Å²) in [6, 6.07) is 10.1. The molecule has 0 spiro atoms. The molecule has 1 aliphatic heterocycles. The summed E-state index contributed by atoms with van der Waals surface area (Å²) in [5.74, 6) is 1.10. The normalized spacial score (nSPS) is 26.1. The maximum Gasteiger partial charge on any atom is 0.351 e. The number of amides is 1. The summed E-state index contributed by atoms with van der Waals surface area (Å²) >= 11 is 0. The Balaban J connectivity index is 1.18. The van der Waals surface area contributed by atoms with Gasteiger partial charge < -0.3 is 24.8 Å². The lowest BCUT2D eigenvalue weighted by Crippen LogP contribution is -2.47. The molecule has 1 aromatic heterocycles. The van der Waals surface area contributed by atoms with E-state index in [-0.39, 0.29) is 31.2 Å². The number of nitrogens with zero attached hydrogens (tertiary/aromatic N) is 2. The van der Waals surface area contributed by atoms with Crippen molar-refractivity contribution in [3.8, 4) is 0 Å². The first-order valence-electron chi connectivity index (χ1n) is 14.3. The Morgan fingerprint density at radius 2 is 1.63 bits per heavy atom. The lowest BCUT2D eigenvalue weighted by molar-refractivity contribution is -0.157. The fourth-order valence-electron chi connectivity index (χ4n) is 5.45. The summed E-state index contributed by atoms with van der Waals surface area (Å²) in [4.78, 5) is 53.4. The van der Waals surface area contributed by atoms with Gasteiger partial charge in [-0.15, -0.1) is 0 Å². The van der Waals surface area contributed by atoms with Crippen molar-refractivity contribution in [2.45, 2.75) is 58.8 Å². The predicted molar refractivity (Wildman–Crippen MR) is 151 cm³/mol. The van der Waals surface area contributed by atoms with Crippen molar-refractivity contribution in [2.24, 2.45) is 23.7 Å². The van der Waals surface area contributed by atoms with E-state index in [9.17, 15) is 19.2 Å². The molecule has 2 aliphatic rings. The topological polar surface area (TPSA) is 138 Å². The number of nitrogens with one attached hydrogen (secondary N) is 2. The second kappa shape index (κ2) is 14.4. The Bertz CT molecular complexity index is 1240. The van der Waals surface area contributed by atoms with Crippen molar-refractivity contribution in [1.82, 2.24) is 14.9 Å². The molecule has 0 radical (unpaired) electrons. The van der Waals surface area contributed by atoms with Crippen LogP contribution in [0.25, 0.3) is 0 Å². The number of rotatable bonds is 10. The molecule has 2 aromatic rings. The molecule has 11 heteroatoms. The molecule has 41 heavy (non-hydrogen) atoms. The fraction of sp³-hybridized carbons (Fsp3) is 0.567. The van der Waals surface area contributed by atoms with Crippen LogP contribution in [-0.2, 0) is 23.8 Å². The number of carbonyl (C=O) groups excluding carboxylic acids is 3. The van der Waals surface area contributed by atoms with Gasteiger partial charge in [-0.2, -0.15) is 4.98 Å². The number of hydrogen-bond acceptors (Lipinski definition) is 9. The maximum atomic E-state index is 12.6. The van der Waals surface area contributed by atoms with Crippen LogP contribution in [0.2, 0.25) is 0 Å². The number of morpholine rings is 1. The molecule has 4 rings (SSSR count). The van der Waals surface area contributed by atoms with E-state index in [2.05, 4.69) is 36.4 Å². The molecule has 2 N–H and O–H groups in total. The molecular weight excluding hydrogens is 528 g/mol. The van der Waals surface area contributed by atoms with Crippen molar-refractivity contribution in [3.05, 3.63) is 58.6 Å². The van der Waals surface area contributed by atoms with Gasteiger partial charge >= 0.3 is 17.6 Å². The van der Waals surface area contributed by atoms with Crippen LogP contribution in [0.1, 0.15) is 63.0 Å². The van der Waals surface area contributed by atoms with E-state index in [1.807, 2.05) is 0 Å². The van der Waals surface area contributed by atoms with Crippen LogP contribution in [0.4, 0.5) is 5.82 Å². The lowest BCUT2D eigenvalue weighted by atomic mass is 9.70. The second-order valence-electron chi connectivity index (χ2n) is 11.2. The molecule has 1 saturated heterocycles. The van der Waals surface area contributed by atoms with Crippen molar-refractivity contribution in [2.75, 3.05) is 31.6 Å². The SMILES string of the molecule is CC1CC(COC(=O)CCC(=O)OC[C@@H]2CNC[C@H](n3ccc(NC(=O)c4ccccc4)nc3=O)O2)CC(C)C1C. The lowest BCUT2D eigenvalue weighted by Gasteiger charge is -2.36. The predicted octanol–water partition coefficient (Wildman–Crippen LogP) is 3.17. The van der Waals surface area contributed by atoms with Crippen molar-refractivity contribution < 1.29 is 28.6 Å². The summed E-state index contributed by atoms with van der Waals surface area (Å²) in [6.45, 7) is 7.92. The monoisotopic (exact) mass is 568 g/mol. The van der Waals surface area contributed by atoms with Crippen LogP contribution < -0.4 is 16.3 Å². The smallest absolute Gasteiger partial charge is 0.351 e. The average Bonchev–Trinajstić information content (AvgIpc) is 2.97.